The summed E-state index contributed by atoms with van der Waals surface area (Å²) >= 11 is 0. The lowest BCUT2D eigenvalue weighted by Crippen LogP contribution is -2.53. The van der Waals surface area contributed by atoms with E-state index in [-0.39, 0.29) is 12.1 Å². The number of halogens is 1. The van der Waals surface area contributed by atoms with Gasteiger partial charge in [-0.2, -0.15) is 0 Å². The lowest BCUT2D eigenvalue weighted by Gasteiger charge is -2.37. The molecule has 0 spiro atoms. The minimum Gasteiger partial charge on any atom is -0.325 e. The maximum atomic E-state index is 13.4. The quantitative estimate of drug-likeness (QED) is 0.557. The van der Waals surface area contributed by atoms with Crippen molar-refractivity contribution in [3.05, 3.63) is 0 Å². The average molecular weight is 158 g/mol. The summed E-state index contributed by atoms with van der Waals surface area (Å²) in [6.45, 7) is 0. The predicted molar refractivity (Wildman–Crippen MR) is 42.1 cm³/mol. The predicted octanol–water partition coefficient (Wildman–Crippen LogP) is 0.518. The van der Waals surface area contributed by atoms with Crippen molar-refractivity contribution in [1.82, 2.24) is 4.90 Å². The van der Waals surface area contributed by atoms with Crippen LogP contribution < -0.4 is 5.73 Å². The van der Waals surface area contributed by atoms with Gasteiger partial charge >= 0.3 is 0 Å². The fraction of sp³-hybridized carbons (Fsp3) is 1.00. The second-order valence-electron chi connectivity index (χ2n) is 3.81. The molecule has 4 atom stereocenters. The van der Waals surface area contributed by atoms with Gasteiger partial charge in [-0.25, -0.2) is 4.39 Å². The Kier molecular flexibility index (Phi) is 1.65. The molecule has 64 valence electrons. The summed E-state index contributed by atoms with van der Waals surface area (Å²) < 4.78 is 13.4. The molecule has 2 heterocycles. The van der Waals surface area contributed by atoms with Gasteiger partial charge in [0.05, 0.1) is 0 Å². The molecule has 2 aliphatic heterocycles. The van der Waals surface area contributed by atoms with Crippen molar-refractivity contribution in [2.75, 3.05) is 7.05 Å². The van der Waals surface area contributed by atoms with Crippen LogP contribution in [0.25, 0.3) is 0 Å². The molecule has 0 aliphatic carbocycles. The molecular weight excluding hydrogens is 143 g/mol. The summed E-state index contributed by atoms with van der Waals surface area (Å²) in [6, 6.07) is 0.467. The fourth-order valence-electron chi connectivity index (χ4n) is 2.44. The third-order valence-corrected chi connectivity index (χ3v) is 3.22. The van der Waals surface area contributed by atoms with E-state index >= 15 is 0 Å². The highest BCUT2D eigenvalue weighted by Crippen LogP contribution is 2.35. The van der Waals surface area contributed by atoms with Crippen LogP contribution in [0.2, 0.25) is 0 Å². The monoisotopic (exact) mass is 158 g/mol. The number of hydrogen-bond donors (Lipinski definition) is 1. The van der Waals surface area contributed by atoms with Crippen LogP contribution >= 0.6 is 0 Å². The summed E-state index contributed by atoms with van der Waals surface area (Å²) in [5.74, 6) is 0. The topological polar surface area (TPSA) is 29.3 Å². The standard InChI is InChI=1S/C8H15FN2/c1-11-5-2-3-7(11)8(9)6(10)4-5/h5-8H,2-4,10H2,1H3/t5-,6-,7+,8-/m0/s1. The maximum Gasteiger partial charge on any atom is 0.131 e. The molecule has 0 radical (unpaired) electrons. The summed E-state index contributed by atoms with van der Waals surface area (Å²) in [6.07, 6.45) is 2.18. The van der Waals surface area contributed by atoms with Crippen molar-refractivity contribution in [2.24, 2.45) is 5.73 Å². The van der Waals surface area contributed by atoms with E-state index in [2.05, 4.69) is 4.90 Å². The van der Waals surface area contributed by atoms with Gasteiger partial charge in [0.15, 0.2) is 0 Å². The highest BCUT2D eigenvalue weighted by Gasteiger charge is 2.44. The van der Waals surface area contributed by atoms with Gasteiger partial charge in [-0.05, 0) is 26.3 Å². The van der Waals surface area contributed by atoms with Crippen LogP contribution in [0.5, 0.6) is 0 Å². The molecular formula is C8H15FN2. The van der Waals surface area contributed by atoms with Crippen LogP contribution in [0, 0.1) is 0 Å². The van der Waals surface area contributed by atoms with E-state index in [1.807, 2.05) is 7.05 Å². The Morgan fingerprint density at radius 3 is 2.91 bits per heavy atom. The largest absolute Gasteiger partial charge is 0.325 e. The molecule has 2 fully saturated rings. The summed E-state index contributed by atoms with van der Waals surface area (Å²) in [4.78, 5) is 2.16. The van der Waals surface area contributed by atoms with Crippen molar-refractivity contribution >= 4 is 0 Å². The number of piperidine rings is 1. The van der Waals surface area contributed by atoms with Crippen molar-refractivity contribution in [1.29, 1.82) is 0 Å². The molecule has 2 saturated heterocycles. The molecule has 0 aromatic heterocycles. The van der Waals surface area contributed by atoms with E-state index in [1.165, 1.54) is 0 Å². The van der Waals surface area contributed by atoms with Gasteiger partial charge in [0.2, 0.25) is 0 Å². The molecule has 0 aromatic rings. The van der Waals surface area contributed by atoms with Crippen LogP contribution in [0.3, 0.4) is 0 Å². The Morgan fingerprint density at radius 1 is 1.45 bits per heavy atom. The van der Waals surface area contributed by atoms with Crippen molar-refractivity contribution in [3.63, 3.8) is 0 Å². The smallest absolute Gasteiger partial charge is 0.131 e. The second-order valence-corrected chi connectivity index (χ2v) is 3.81. The molecule has 2 nitrogen and oxygen atoms in total. The van der Waals surface area contributed by atoms with E-state index in [9.17, 15) is 4.39 Å². The molecule has 2 bridgehead atoms. The number of nitrogens with zero attached hydrogens (tertiary/aromatic N) is 1. The van der Waals surface area contributed by atoms with Gasteiger partial charge in [0.1, 0.15) is 6.17 Å². The van der Waals surface area contributed by atoms with E-state index in [4.69, 9.17) is 5.73 Å². The summed E-state index contributed by atoms with van der Waals surface area (Å²) in [7, 11) is 2.01. The Bertz CT molecular complexity index is 162. The van der Waals surface area contributed by atoms with Crippen molar-refractivity contribution in [3.8, 4) is 0 Å². The first-order valence-corrected chi connectivity index (χ1v) is 4.31. The van der Waals surface area contributed by atoms with Gasteiger partial charge in [-0.1, -0.05) is 0 Å². The average Bonchev–Trinajstić information content (AvgIpc) is 2.23. The number of hydrogen-bond acceptors (Lipinski definition) is 2. The van der Waals surface area contributed by atoms with Gasteiger partial charge in [0.25, 0.3) is 0 Å². The Hall–Kier alpha value is -0.150. The van der Waals surface area contributed by atoms with Gasteiger partial charge in [0, 0.05) is 18.1 Å². The van der Waals surface area contributed by atoms with Crippen LogP contribution in [0.15, 0.2) is 0 Å². The Labute approximate surface area is 66.5 Å². The summed E-state index contributed by atoms with van der Waals surface area (Å²) in [5.41, 5.74) is 5.66. The molecule has 0 saturated carbocycles. The minimum atomic E-state index is -0.793. The van der Waals surface area contributed by atoms with E-state index in [0.717, 1.165) is 19.3 Å². The Balaban J connectivity index is 2.16. The fourth-order valence-corrected chi connectivity index (χ4v) is 2.44. The lowest BCUT2D eigenvalue weighted by molar-refractivity contribution is 0.0721. The molecule has 11 heavy (non-hydrogen) atoms. The molecule has 2 N–H and O–H groups in total. The normalized spacial score (nSPS) is 51.5. The molecule has 0 unspecified atom stereocenters. The number of alkyl halides is 1. The zero-order chi connectivity index (χ0) is 8.01. The molecule has 2 rings (SSSR count). The SMILES string of the molecule is CN1[C@H]2CC[C@@H]1[C@@H](F)[C@@H](N)C2. The third-order valence-electron chi connectivity index (χ3n) is 3.22. The highest BCUT2D eigenvalue weighted by atomic mass is 19.1. The molecule has 0 amide bonds. The molecule has 2 aliphatic rings. The van der Waals surface area contributed by atoms with E-state index in [0.29, 0.717) is 6.04 Å². The van der Waals surface area contributed by atoms with Crippen LogP contribution in [0.1, 0.15) is 19.3 Å². The Morgan fingerprint density at radius 2 is 2.18 bits per heavy atom. The number of rotatable bonds is 0. The first-order valence-electron chi connectivity index (χ1n) is 4.31. The van der Waals surface area contributed by atoms with Crippen LogP contribution in [0.4, 0.5) is 4.39 Å². The maximum absolute atomic E-state index is 13.4. The van der Waals surface area contributed by atoms with E-state index < -0.39 is 6.17 Å². The second kappa shape index (κ2) is 2.42. The lowest BCUT2D eigenvalue weighted by atomic mass is 9.97. The van der Waals surface area contributed by atoms with Gasteiger partial charge in [-0.3, -0.25) is 4.90 Å². The highest BCUT2D eigenvalue weighted by molar-refractivity contribution is 5.00. The zero-order valence-corrected chi connectivity index (χ0v) is 6.83. The van der Waals surface area contributed by atoms with E-state index in [1.54, 1.807) is 0 Å². The van der Waals surface area contributed by atoms with Crippen LogP contribution in [-0.2, 0) is 0 Å². The zero-order valence-electron chi connectivity index (χ0n) is 6.83. The van der Waals surface area contributed by atoms with Crippen LogP contribution in [-0.4, -0.2) is 36.2 Å². The third kappa shape index (κ3) is 0.983. The van der Waals surface area contributed by atoms with Gasteiger partial charge in [-0.15, -0.1) is 0 Å². The van der Waals surface area contributed by atoms with Crippen molar-refractivity contribution < 1.29 is 4.39 Å². The number of fused-ring (bicyclic) bond motifs is 2. The minimum absolute atomic E-state index is 0.115. The van der Waals surface area contributed by atoms with Crippen molar-refractivity contribution in [2.45, 2.75) is 43.6 Å². The molecule has 3 heteroatoms. The molecule has 0 aromatic carbocycles. The van der Waals surface area contributed by atoms with Gasteiger partial charge < -0.3 is 5.73 Å². The first-order chi connectivity index (χ1) is 5.20. The first kappa shape index (κ1) is 7.50. The number of nitrogens with two attached hydrogens (primary N) is 1. The summed E-state index contributed by atoms with van der Waals surface area (Å²) in [5, 5.41) is 0.